The maximum Gasteiger partial charge on any atom is 0.335 e. The van der Waals surface area contributed by atoms with E-state index >= 15 is 0 Å². The largest absolute Gasteiger partial charge is 0.478 e. The molecular formula is C23H22N2O5S2. The van der Waals surface area contributed by atoms with Crippen LogP contribution in [0.2, 0.25) is 0 Å². The molecule has 32 heavy (non-hydrogen) atoms. The number of likely N-dealkylation sites (N-methyl/N-ethyl adjacent to an activating group) is 1. The first-order valence-electron chi connectivity index (χ1n) is 9.98. The third kappa shape index (κ3) is 4.11. The zero-order chi connectivity index (χ0) is 23.0. The lowest BCUT2D eigenvalue weighted by atomic mass is 10.1. The number of anilines is 1. The number of hydrogen-bond donors (Lipinski definition) is 2. The minimum absolute atomic E-state index is 0.103. The van der Waals surface area contributed by atoms with Crippen molar-refractivity contribution in [1.82, 2.24) is 4.31 Å². The predicted octanol–water partition coefficient (Wildman–Crippen LogP) is 3.26. The first-order chi connectivity index (χ1) is 15.2. The van der Waals surface area contributed by atoms with Crippen molar-refractivity contribution in [2.24, 2.45) is 0 Å². The minimum atomic E-state index is -3.93. The Balaban J connectivity index is 1.64. The Morgan fingerprint density at radius 3 is 2.34 bits per heavy atom. The van der Waals surface area contributed by atoms with Gasteiger partial charge in [0.15, 0.2) is 0 Å². The van der Waals surface area contributed by atoms with Crippen LogP contribution in [-0.4, -0.2) is 54.6 Å². The van der Waals surface area contributed by atoms with Gasteiger partial charge in [-0.05, 0) is 53.6 Å². The Labute approximate surface area is 191 Å². The number of sulfonamides is 1. The van der Waals surface area contributed by atoms with Crippen LogP contribution in [0.3, 0.4) is 0 Å². The third-order valence-corrected chi connectivity index (χ3v) is 7.92. The van der Waals surface area contributed by atoms with Crippen molar-refractivity contribution in [2.45, 2.75) is 22.6 Å². The molecule has 0 saturated carbocycles. The van der Waals surface area contributed by atoms with Crippen LogP contribution in [0.25, 0.3) is 10.8 Å². The Kier molecular flexibility index (Phi) is 5.98. The summed E-state index contributed by atoms with van der Waals surface area (Å²) >= 11 is 4.46. The molecule has 2 atom stereocenters. The van der Waals surface area contributed by atoms with E-state index in [1.54, 1.807) is 25.2 Å². The summed E-state index contributed by atoms with van der Waals surface area (Å²) in [6.45, 7) is 0.125. The van der Waals surface area contributed by atoms with Gasteiger partial charge in [0.05, 0.1) is 10.5 Å². The van der Waals surface area contributed by atoms with Gasteiger partial charge in [-0.2, -0.15) is 16.9 Å². The molecule has 4 rings (SSSR count). The molecule has 2 unspecified atom stereocenters. The van der Waals surface area contributed by atoms with Gasteiger partial charge < -0.3 is 10.0 Å². The van der Waals surface area contributed by atoms with E-state index in [9.17, 15) is 18.0 Å². The first-order valence-corrected chi connectivity index (χ1v) is 11.9. The molecule has 1 aliphatic heterocycles. The van der Waals surface area contributed by atoms with Crippen molar-refractivity contribution in [3.63, 3.8) is 0 Å². The summed E-state index contributed by atoms with van der Waals surface area (Å²) in [6.07, 6.45) is 0.284. The van der Waals surface area contributed by atoms with Crippen molar-refractivity contribution in [3.8, 4) is 0 Å². The van der Waals surface area contributed by atoms with E-state index in [0.29, 0.717) is 5.69 Å². The van der Waals surface area contributed by atoms with Crippen LogP contribution in [0.15, 0.2) is 71.6 Å². The summed E-state index contributed by atoms with van der Waals surface area (Å²) in [7, 11) is -2.39. The zero-order valence-corrected chi connectivity index (χ0v) is 19.0. The average Bonchev–Trinajstić information content (AvgIpc) is 3.20. The number of carboxylic acids is 1. The lowest BCUT2D eigenvalue weighted by Crippen LogP contribution is -2.46. The van der Waals surface area contributed by atoms with Gasteiger partial charge in [-0.15, -0.1) is 0 Å². The van der Waals surface area contributed by atoms with Gasteiger partial charge in [0.25, 0.3) is 0 Å². The fourth-order valence-electron chi connectivity index (χ4n) is 3.92. The number of hydrogen-bond acceptors (Lipinski definition) is 5. The second-order valence-electron chi connectivity index (χ2n) is 7.74. The van der Waals surface area contributed by atoms with Gasteiger partial charge in [-0.25, -0.2) is 13.2 Å². The molecule has 3 aromatic carbocycles. The standard InChI is InChI=1S/C23H22N2O5S2/c1-24(18-9-6-16(7-10-18)23(27)28)22(26)21-13-19(31)14-25(21)32(29,30)20-11-8-15-4-2-3-5-17(15)12-20/h2-12,19,21,31H,13-14H2,1H3,(H,27,28). The highest BCUT2D eigenvalue weighted by atomic mass is 32.2. The molecule has 3 aromatic rings. The van der Waals surface area contributed by atoms with E-state index in [2.05, 4.69) is 12.6 Å². The van der Waals surface area contributed by atoms with Gasteiger partial charge in [0, 0.05) is 24.5 Å². The Morgan fingerprint density at radius 1 is 1.03 bits per heavy atom. The van der Waals surface area contributed by atoms with Gasteiger partial charge in [0.2, 0.25) is 15.9 Å². The van der Waals surface area contributed by atoms with Gasteiger partial charge in [-0.1, -0.05) is 30.3 Å². The lowest BCUT2D eigenvalue weighted by molar-refractivity contribution is -0.121. The molecule has 0 aliphatic carbocycles. The molecule has 0 spiro atoms. The van der Waals surface area contributed by atoms with Crippen LogP contribution in [0.5, 0.6) is 0 Å². The number of carbonyl (C=O) groups excluding carboxylic acids is 1. The van der Waals surface area contributed by atoms with Crippen molar-refractivity contribution < 1.29 is 23.1 Å². The Hall–Kier alpha value is -2.88. The molecule has 0 radical (unpaired) electrons. The van der Waals surface area contributed by atoms with Gasteiger partial charge in [0.1, 0.15) is 6.04 Å². The maximum atomic E-state index is 13.5. The third-order valence-electron chi connectivity index (χ3n) is 5.68. The molecule has 1 amide bonds. The molecule has 166 valence electrons. The predicted molar refractivity (Wildman–Crippen MR) is 126 cm³/mol. The molecule has 7 nitrogen and oxygen atoms in total. The van der Waals surface area contributed by atoms with Crippen LogP contribution in [0.4, 0.5) is 5.69 Å². The molecule has 1 aliphatic rings. The first kappa shape index (κ1) is 22.3. The monoisotopic (exact) mass is 470 g/mol. The second-order valence-corrected chi connectivity index (χ2v) is 10.4. The highest BCUT2D eigenvalue weighted by Crippen LogP contribution is 2.32. The fraction of sp³-hybridized carbons (Fsp3) is 0.217. The summed E-state index contributed by atoms with van der Waals surface area (Å²) in [6, 6.07) is 17.4. The van der Waals surface area contributed by atoms with Crippen LogP contribution in [-0.2, 0) is 14.8 Å². The van der Waals surface area contributed by atoms with Crippen molar-refractivity contribution in [2.75, 3.05) is 18.5 Å². The van der Waals surface area contributed by atoms with Crippen molar-refractivity contribution in [1.29, 1.82) is 0 Å². The summed E-state index contributed by atoms with van der Waals surface area (Å²) in [4.78, 5) is 25.8. The van der Waals surface area contributed by atoms with E-state index in [0.717, 1.165) is 10.8 Å². The minimum Gasteiger partial charge on any atom is -0.478 e. The van der Waals surface area contributed by atoms with Crippen LogP contribution < -0.4 is 4.90 Å². The number of thiol groups is 1. The average molecular weight is 471 g/mol. The fourth-order valence-corrected chi connectivity index (χ4v) is 6.08. The summed E-state index contributed by atoms with van der Waals surface area (Å²) in [5.41, 5.74) is 0.581. The van der Waals surface area contributed by atoms with E-state index in [4.69, 9.17) is 5.11 Å². The van der Waals surface area contributed by atoms with E-state index in [1.807, 2.05) is 24.3 Å². The molecule has 1 heterocycles. The maximum absolute atomic E-state index is 13.5. The second kappa shape index (κ2) is 8.57. The quantitative estimate of drug-likeness (QED) is 0.558. The summed E-state index contributed by atoms with van der Waals surface area (Å²) in [5, 5.41) is 10.5. The molecule has 0 bridgehead atoms. The number of fused-ring (bicyclic) bond motifs is 1. The Morgan fingerprint density at radius 2 is 1.69 bits per heavy atom. The summed E-state index contributed by atoms with van der Waals surface area (Å²) < 4.78 is 28.2. The lowest BCUT2D eigenvalue weighted by Gasteiger charge is -2.27. The summed E-state index contributed by atoms with van der Waals surface area (Å²) in [5.74, 6) is -1.46. The van der Waals surface area contributed by atoms with Gasteiger partial charge >= 0.3 is 5.97 Å². The number of aromatic carboxylic acids is 1. The highest BCUT2D eigenvalue weighted by molar-refractivity contribution is 7.89. The molecule has 1 fully saturated rings. The topological polar surface area (TPSA) is 95.0 Å². The molecule has 0 aromatic heterocycles. The van der Waals surface area contributed by atoms with Crippen LogP contribution >= 0.6 is 12.6 Å². The number of rotatable bonds is 5. The number of carbonyl (C=O) groups is 2. The molecule has 1 N–H and O–H groups in total. The number of nitrogens with zero attached hydrogens (tertiary/aromatic N) is 2. The molecule has 1 saturated heterocycles. The van der Waals surface area contributed by atoms with Crippen molar-refractivity contribution in [3.05, 3.63) is 72.3 Å². The SMILES string of the molecule is CN(C(=O)C1CC(S)CN1S(=O)(=O)c1ccc2ccccc2c1)c1ccc(C(=O)O)cc1. The van der Waals surface area contributed by atoms with Crippen LogP contribution in [0.1, 0.15) is 16.8 Å². The van der Waals surface area contributed by atoms with E-state index < -0.39 is 27.9 Å². The normalized spacial score (nSPS) is 19.2. The van der Waals surface area contributed by atoms with Crippen molar-refractivity contribution >= 4 is 51.0 Å². The number of benzene rings is 3. The van der Waals surface area contributed by atoms with Crippen LogP contribution in [0, 0.1) is 0 Å². The number of amides is 1. The molecule has 9 heteroatoms. The van der Waals surface area contributed by atoms with E-state index in [1.165, 1.54) is 33.5 Å². The Bertz CT molecular complexity index is 1290. The van der Waals surface area contributed by atoms with Gasteiger partial charge in [-0.3, -0.25) is 4.79 Å². The smallest absolute Gasteiger partial charge is 0.335 e. The van der Waals surface area contributed by atoms with E-state index in [-0.39, 0.29) is 28.7 Å². The molecular weight excluding hydrogens is 448 g/mol. The number of carboxylic acid groups (broad SMARTS) is 1. The zero-order valence-electron chi connectivity index (χ0n) is 17.2. The highest BCUT2D eigenvalue weighted by Gasteiger charge is 2.44.